The van der Waals surface area contributed by atoms with E-state index in [1.807, 2.05) is 9.80 Å². The molecule has 11 heteroatoms. The molecule has 3 aliphatic heterocycles. The van der Waals surface area contributed by atoms with Gasteiger partial charge in [-0.2, -0.15) is 0 Å². The van der Waals surface area contributed by atoms with Crippen LogP contribution in [0.4, 0.5) is 9.18 Å². The number of carbonyl (C=O) groups excluding carboxylic acids is 2. The van der Waals surface area contributed by atoms with Crippen LogP contribution in [0.1, 0.15) is 44.6 Å². The summed E-state index contributed by atoms with van der Waals surface area (Å²) in [6, 6.07) is 2.93. The van der Waals surface area contributed by atoms with Crippen molar-refractivity contribution in [1.82, 2.24) is 35.9 Å². The molecule has 3 fully saturated rings. The second-order valence-corrected chi connectivity index (χ2v) is 10.5. The topological polar surface area (TPSA) is 102 Å². The molecule has 3 saturated heterocycles. The molecule has 3 aliphatic rings. The lowest BCUT2D eigenvalue weighted by Crippen LogP contribution is -2.63. The highest BCUT2D eigenvalue weighted by molar-refractivity contribution is 5.92. The molecule has 1 aromatic rings. The molecule has 3 unspecified atom stereocenters. The van der Waals surface area contributed by atoms with Crippen molar-refractivity contribution < 1.29 is 18.7 Å². The van der Waals surface area contributed by atoms with Gasteiger partial charge in [0.05, 0.1) is 23.9 Å². The third-order valence-electron chi connectivity index (χ3n) is 7.73. The molecular formula is C24H38FN7O3. The van der Waals surface area contributed by atoms with Crippen molar-refractivity contribution >= 4 is 11.9 Å². The van der Waals surface area contributed by atoms with E-state index in [1.54, 1.807) is 7.11 Å². The average molecular weight is 492 g/mol. The van der Waals surface area contributed by atoms with Crippen molar-refractivity contribution in [2.45, 2.75) is 63.9 Å². The Morgan fingerprint density at radius 1 is 1.20 bits per heavy atom. The summed E-state index contributed by atoms with van der Waals surface area (Å²) in [6.45, 7) is 12.1. The zero-order valence-corrected chi connectivity index (χ0v) is 21.3. The summed E-state index contributed by atoms with van der Waals surface area (Å²) in [5.41, 5.74) is 6.14. The Labute approximate surface area is 206 Å². The summed E-state index contributed by atoms with van der Waals surface area (Å²) in [6.07, 6.45) is 1.62. The molecule has 1 aromatic heterocycles. The molecule has 4 heterocycles. The van der Waals surface area contributed by atoms with E-state index >= 15 is 0 Å². The molecule has 194 valence electrons. The van der Waals surface area contributed by atoms with Crippen LogP contribution in [0.25, 0.3) is 0 Å². The third-order valence-corrected chi connectivity index (χ3v) is 7.73. The fraction of sp³-hybridized carbons (Fsp3) is 0.708. The van der Waals surface area contributed by atoms with E-state index in [9.17, 15) is 14.0 Å². The maximum atomic E-state index is 13.8. The van der Waals surface area contributed by atoms with Gasteiger partial charge in [0.1, 0.15) is 11.5 Å². The zero-order valence-electron chi connectivity index (χ0n) is 21.3. The number of likely N-dealkylation sites (tertiary alicyclic amines) is 1. The molecule has 0 aromatic carbocycles. The normalized spacial score (nSPS) is 30.4. The Balaban J connectivity index is 1.41. The molecule has 10 nitrogen and oxygen atoms in total. The quantitative estimate of drug-likeness (QED) is 0.511. The van der Waals surface area contributed by atoms with Gasteiger partial charge >= 0.3 is 6.03 Å². The van der Waals surface area contributed by atoms with Gasteiger partial charge in [0.2, 0.25) is 0 Å². The number of nitrogens with one attached hydrogen (secondary N) is 3. The maximum absolute atomic E-state index is 13.8. The van der Waals surface area contributed by atoms with Crippen molar-refractivity contribution in [2.75, 3.05) is 39.9 Å². The summed E-state index contributed by atoms with van der Waals surface area (Å²) in [5.74, 6) is -0.908. The largest absolute Gasteiger partial charge is 0.385 e. The van der Waals surface area contributed by atoms with Crippen molar-refractivity contribution in [3.8, 4) is 0 Å². The SMILES string of the molecule is COCCCN1C[C@H](C)N(C(=O)N2CC3C(NC(=O)c4ccc(F)cn4)NNC3C2(C)C)C[C@H]1C. The molecule has 0 aliphatic carbocycles. The lowest BCUT2D eigenvalue weighted by molar-refractivity contribution is 0.0348. The lowest BCUT2D eigenvalue weighted by atomic mass is 9.90. The number of piperazine rings is 1. The first-order valence-electron chi connectivity index (χ1n) is 12.4. The minimum Gasteiger partial charge on any atom is -0.385 e. The standard InChI is InChI=1S/C24H38FN7O3/c1-15-13-31(16(2)12-30(15)9-6-10-35-5)23(34)32-14-18-20(24(32,3)4)28-29-21(18)27-22(33)19-8-7-17(25)11-26-19/h7-8,11,15-16,18,20-21,28-29H,6,9-10,12-14H2,1-5H3,(H,27,33)/t15-,16+,18?,20?,21?/m1/s1. The van der Waals surface area contributed by atoms with Crippen LogP contribution in [-0.4, -0.2) is 101 Å². The molecule has 0 radical (unpaired) electrons. The van der Waals surface area contributed by atoms with Gasteiger partial charge in [-0.3, -0.25) is 15.1 Å². The number of aromatic nitrogens is 1. The van der Waals surface area contributed by atoms with Crippen LogP contribution in [0.3, 0.4) is 0 Å². The van der Waals surface area contributed by atoms with E-state index in [0.717, 1.165) is 32.3 Å². The Kier molecular flexibility index (Phi) is 7.60. The van der Waals surface area contributed by atoms with Crippen LogP contribution >= 0.6 is 0 Å². The highest BCUT2D eigenvalue weighted by Gasteiger charge is 2.56. The molecular weight excluding hydrogens is 453 g/mol. The van der Waals surface area contributed by atoms with Crippen molar-refractivity contribution in [3.63, 3.8) is 0 Å². The van der Waals surface area contributed by atoms with E-state index in [-0.39, 0.29) is 47.8 Å². The highest BCUT2D eigenvalue weighted by atomic mass is 19.1. The Morgan fingerprint density at radius 3 is 2.66 bits per heavy atom. The van der Waals surface area contributed by atoms with Crippen molar-refractivity contribution in [2.24, 2.45) is 5.92 Å². The fourth-order valence-electron chi connectivity index (χ4n) is 5.65. The van der Waals surface area contributed by atoms with Crippen LogP contribution in [0.2, 0.25) is 0 Å². The number of hydrogen-bond acceptors (Lipinski definition) is 7. The first kappa shape index (κ1) is 25.7. The van der Waals surface area contributed by atoms with Crippen LogP contribution in [0, 0.1) is 11.7 Å². The first-order chi connectivity index (χ1) is 16.6. The van der Waals surface area contributed by atoms with Crippen LogP contribution in [0.15, 0.2) is 18.3 Å². The highest BCUT2D eigenvalue weighted by Crippen LogP contribution is 2.38. The van der Waals surface area contributed by atoms with E-state index in [0.29, 0.717) is 13.1 Å². The van der Waals surface area contributed by atoms with Gasteiger partial charge in [-0.25, -0.2) is 19.6 Å². The number of ether oxygens (including phenoxy) is 1. The number of rotatable bonds is 6. The number of nitrogens with zero attached hydrogens (tertiary/aromatic N) is 4. The average Bonchev–Trinajstić information content (AvgIpc) is 3.33. The number of hydrogen-bond donors (Lipinski definition) is 3. The summed E-state index contributed by atoms with van der Waals surface area (Å²) in [7, 11) is 1.72. The van der Waals surface area contributed by atoms with Crippen molar-refractivity contribution in [1.29, 1.82) is 0 Å². The van der Waals surface area contributed by atoms with Gasteiger partial charge in [-0.1, -0.05) is 0 Å². The van der Waals surface area contributed by atoms with Crippen LogP contribution < -0.4 is 16.2 Å². The minimum atomic E-state index is -0.492. The molecule has 0 saturated carbocycles. The van der Waals surface area contributed by atoms with E-state index in [4.69, 9.17) is 4.74 Å². The first-order valence-corrected chi connectivity index (χ1v) is 12.4. The summed E-state index contributed by atoms with van der Waals surface area (Å²) in [4.78, 5) is 36.7. The number of pyridine rings is 1. The Bertz CT molecular complexity index is 915. The molecule has 4 rings (SSSR count). The molecule has 0 spiro atoms. The monoisotopic (exact) mass is 491 g/mol. The van der Waals surface area contributed by atoms with Gasteiger partial charge in [0, 0.05) is 57.9 Å². The number of urea groups is 1. The van der Waals surface area contributed by atoms with Gasteiger partial charge in [0.25, 0.3) is 5.91 Å². The smallest absolute Gasteiger partial charge is 0.320 e. The van der Waals surface area contributed by atoms with E-state index < -0.39 is 11.4 Å². The van der Waals surface area contributed by atoms with Gasteiger partial charge in [-0.05, 0) is 46.2 Å². The molecule has 0 bridgehead atoms. The van der Waals surface area contributed by atoms with Crippen LogP contribution in [-0.2, 0) is 4.74 Å². The minimum absolute atomic E-state index is 0.0265. The Morgan fingerprint density at radius 2 is 1.97 bits per heavy atom. The second-order valence-electron chi connectivity index (χ2n) is 10.5. The molecule has 3 amide bonds. The summed E-state index contributed by atoms with van der Waals surface area (Å²) < 4.78 is 18.4. The van der Waals surface area contributed by atoms with Gasteiger partial charge < -0.3 is 19.9 Å². The van der Waals surface area contributed by atoms with Crippen LogP contribution in [0.5, 0.6) is 0 Å². The van der Waals surface area contributed by atoms with E-state index in [2.05, 4.69) is 53.7 Å². The number of amides is 3. The number of fused-ring (bicyclic) bond motifs is 1. The fourth-order valence-corrected chi connectivity index (χ4v) is 5.65. The summed E-state index contributed by atoms with van der Waals surface area (Å²) in [5, 5.41) is 2.94. The predicted molar refractivity (Wildman–Crippen MR) is 129 cm³/mol. The van der Waals surface area contributed by atoms with Gasteiger partial charge in [0.15, 0.2) is 0 Å². The van der Waals surface area contributed by atoms with Gasteiger partial charge in [-0.15, -0.1) is 0 Å². The molecule has 3 N–H and O–H groups in total. The summed E-state index contributed by atoms with van der Waals surface area (Å²) >= 11 is 0. The lowest BCUT2D eigenvalue weighted by Gasteiger charge is -2.47. The number of halogens is 1. The Hall–Kier alpha value is -2.34. The van der Waals surface area contributed by atoms with Crippen molar-refractivity contribution in [3.05, 3.63) is 29.8 Å². The number of hydrazine groups is 1. The third kappa shape index (κ3) is 5.13. The number of methoxy groups -OCH3 is 1. The maximum Gasteiger partial charge on any atom is 0.320 e. The molecule has 35 heavy (non-hydrogen) atoms. The molecule has 5 atom stereocenters. The second kappa shape index (κ2) is 10.3. The number of carbonyl (C=O) groups is 2. The predicted octanol–water partition coefficient (Wildman–Crippen LogP) is 1.01. The zero-order chi connectivity index (χ0) is 25.3. The van der Waals surface area contributed by atoms with E-state index in [1.165, 1.54) is 12.1 Å².